The Balaban J connectivity index is 2.19. The van der Waals surface area contributed by atoms with Gasteiger partial charge in [-0.2, -0.15) is 8.78 Å². The number of amides is 1. The van der Waals surface area contributed by atoms with Gasteiger partial charge in [-0.3, -0.25) is 4.79 Å². The molecule has 1 amide bonds. The Morgan fingerprint density at radius 1 is 1.37 bits per heavy atom. The first kappa shape index (κ1) is 13.5. The van der Waals surface area contributed by atoms with Crippen LogP contribution in [0.1, 0.15) is 18.4 Å². The number of carbonyl (C=O) groups is 2. The van der Waals surface area contributed by atoms with Crippen LogP contribution in [0.25, 0.3) is 0 Å². The number of halogens is 2. The molecule has 1 aromatic carbocycles. The van der Waals surface area contributed by atoms with E-state index in [9.17, 15) is 18.4 Å². The van der Waals surface area contributed by atoms with Gasteiger partial charge in [-0.1, -0.05) is 30.3 Å². The summed E-state index contributed by atoms with van der Waals surface area (Å²) in [5.41, 5.74) is -0.223. The number of carboxylic acids is 1. The lowest BCUT2D eigenvalue weighted by Crippen LogP contribution is -2.44. The molecule has 0 bridgehead atoms. The molecule has 1 aliphatic heterocycles. The van der Waals surface area contributed by atoms with Gasteiger partial charge in [0.2, 0.25) is 5.91 Å². The lowest BCUT2D eigenvalue weighted by Gasteiger charge is -2.27. The molecule has 1 fully saturated rings. The Kier molecular flexibility index (Phi) is 3.50. The van der Waals surface area contributed by atoms with Crippen LogP contribution in [0.15, 0.2) is 30.3 Å². The topological polar surface area (TPSA) is 57.6 Å². The summed E-state index contributed by atoms with van der Waals surface area (Å²) >= 11 is 0. The van der Waals surface area contributed by atoms with Crippen LogP contribution in [0.4, 0.5) is 8.78 Å². The standard InChI is InChI=1S/C13H13F2NO3/c14-13(15,9-4-2-1-3-5-9)8-16-10(12(18)19)6-7-11(16)17/h1-5,10H,6-8H2,(H,18,19). The fraction of sp³-hybridized carbons (Fsp3) is 0.385. The van der Waals surface area contributed by atoms with E-state index in [0.29, 0.717) is 0 Å². The maximum absolute atomic E-state index is 14.0. The van der Waals surface area contributed by atoms with E-state index >= 15 is 0 Å². The Hall–Kier alpha value is -1.98. The van der Waals surface area contributed by atoms with E-state index in [1.54, 1.807) is 6.07 Å². The molecule has 0 spiro atoms. The van der Waals surface area contributed by atoms with Crippen LogP contribution in [0.3, 0.4) is 0 Å². The molecule has 4 nitrogen and oxygen atoms in total. The smallest absolute Gasteiger partial charge is 0.326 e. The van der Waals surface area contributed by atoms with Crippen molar-refractivity contribution in [2.24, 2.45) is 0 Å². The molecule has 1 aliphatic rings. The molecule has 0 aromatic heterocycles. The monoisotopic (exact) mass is 269 g/mol. The molecule has 0 radical (unpaired) electrons. The van der Waals surface area contributed by atoms with Crippen molar-refractivity contribution in [3.63, 3.8) is 0 Å². The minimum Gasteiger partial charge on any atom is -0.480 e. The van der Waals surface area contributed by atoms with Gasteiger partial charge >= 0.3 is 5.97 Å². The van der Waals surface area contributed by atoms with Crippen molar-refractivity contribution >= 4 is 11.9 Å². The van der Waals surface area contributed by atoms with E-state index < -0.39 is 30.4 Å². The number of carboxylic acid groups (broad SMARTS) is 1. The lowest BCUT2D eigenvalue weighted by atomic mass is 10.1. The molecule has 1 atom stereocenters. The van der Waals surface area contributed by atoms with Crippen LogP contribution in [0.5, 0.6) is 0 Å². The number of alkyl halides is 2. The average molecular weight is 269 g/mol. The van der Waals surface area contributed by atoms with Gasteiger partial charge in [0, 0.05) is 12.0 Å². The number of hydrogen-bond donors (Lipinski definition) is 1. The van der Waals surface area contributed by atoms with E-state index in [-0.39, 0.29) is 18.4 Å². The van der Waals surface area contributed by atoms with E-state index in [4.69, 9.17) is 5.11 Å². The van der Waals surface area contributed by atoms with Crippen LogP contribution >= 0.6 is 0 Å². The highest BCUT2D eigenvalue weighted by Crippen LogP contribution is 2.32. The van der Waals surface area contributed by atoms with Crippen molar-refractivity contribution < 1.29 is 23.5 Å². The van der Waals surface area contributed by atoms with Crippen LogP contribution < -0.4 is 0 Å². The van der Waals surface area contributed by atoms with Gasteiger partial charge in [-0.25, -0.2) is 4.79 Å². The second-order valence-electron chi connectivity index (χ2n) is 4.48. The Morgan fingerprint density at radius 3 is 2.58 bits per heavy atom. The maximum Gasteiger partial charge on any atom is 0.326 e. The van der Waals surface area contributed by atoms with E-state index in [0.717, 1.165) is 4.90 Å². The van der Waals surface area contributed by atoms with Gasteiger partial charge in [0.15, 0.2) is 0 Å². The second kappa shape index (κ2) is 4.95. The highest BCUT2D eigenvalue weighted by atomic mass is 19.3. The maximum atomic E-state index is 14.0. The summed E-state index contributed by atoms with van der Waals surface area (Å²) in [6, 6.07) is 5.93. The number of likely N-dealkylation sites (tertiary alicyclic amines) is 1. The third kappa shape index (κ3) is 2.72. The molecule has 1 N–H and O–H groups in total. The fourth-order valence-corrected chi connectivity index (χ4v) is 2.18. The van der Waals surface area contributed by atoms with E-state index in [1.807, 2.05) is 0 Å². The summed E-state index contributed by atoms with van der Waals surface area (Å²) in [6.07, 6.45) is 0.0842. The number of nitrogens with zero attached hydrogens (tertiary/aromatic N) is 1. The molecule has 0 aliphatic carbocycles. The normalized spacial score (nSPS) is 19.8. The molecule has 6 heteroatoms. The number of benzene rings is 1. The molecule has 2 rings (SSSR count). The highest BCUT2D eigenvalue weighted by Gasteiger charge is 2.43. The zero-order valence-electron chi connectivity index (χ0n) is 10.1. The van der Waals surface area contributed by atoms with Crippen molar-refractivity contribution in [1.82, 2.24) is 4.90 Å². The highest BCUT2D eigenvalue weighted by molar-refractivity contribution is 5.87. The SMILES string of the molecule is O=C(O)C1CCC(=O)N1CC(F)(F)c1ccccc1. The number of rotatable bonds is 4. The van der Waals surface area contributed by atoms with E-state index in [1.165, 1.54) is 24.3 Å². The average Bonchev–Trinajstić information content (AvgIpc) is 2.72. The summed E-state index contributed by atoms with van der Waals surface area (Å²) in [4.78, 5) is 23.2. The third-order valence-electron chi connectivity index (χ3n) is 3.18. The minimum atomic E-state index is -3.26. The first-order valence-corrected chi connectivity index (χ1v) is 5.87. The zero-order valence-corrected chi connectivity index (χ0v) is 10.1. The van der Waals surface area contributed by atoms with Gasteiger partial charge in [0.05, 0.1) is 6.54 Å². The molecule has 1 heterocycles. The minimum absolute atomic E-state index is 0.00182. The van der Waals surface area contributed by atoms with Crippen LogP contribution in [-0.4, -0.2) is 34.5 Å². The lowest BCUT2D eigenvalue weighted by molar-refractivity contribution is -0.150. The quantitative estimate of drug-likeness (QED) is 0.907. The van der Waals surface area contributed by atoms with Crippen molar-refractivity contribution in [3.8, 4) is 0 Å². The number of aliphatic carboxylic acids is 1. The van der Waals surface area contributed by atoms with Gasteiger partial charge in [0.1, 0.15) is 6.04 Å². The summed E-state index contributed by atoms with van der Waals surface area (Å²) < 4.78 is 28.1. The summed E-state index contributed by atoms with van der Waals surface area (Å²) in [5.74, 6) is -5.03. The molecule has 1 saturated heterocycles. The van der Waals surface area contributed by atoms with Crippen LogP contribution in [-0.2, 0) is 15.5 Å². The summed E-state index contributed by atoms with van der Waals surface area (Å²) in [5, 5.41) is 8.93. The van der Waals surface area contributed by atoms with Crippen molar-refractivity contribution in [2.45, 2.75) is 24.8 Å². The number of carbonyl (C=O) groups excluding carboxylic acids is 1. The van der Waals surface area contributed by atoms with E-state index in [2.05, 4.69) is 0 Å². The Morgan fingerprint density at radius 2 is 2.00 bits per heavy atom. The Labute approximate surface area is 108 Å². The van der Waals surface area contributed by atoms with Crippen molar-refractivity contribution in [1.29, 1.82) is 0 Å². The zero-order chi connectivity index (χ0) is 14.0. The molecule has 1 unspecified atom stereocenters. The first-order valence-electron chi connectivity index (χ1n) is 5.87. The largest absolute Gasteiger partial charge is 0.480 e. The molecular formula is C13H13F2NO3. The second-order valence-corrected chi connectivity index (χ2v) is 4.48. The van der Waals surface area contributed by atoms with Gasteiger partial charge in [-0.15, -0.1) is 0 Å². The molecule has 1 aromatic rings. The van der Waals surface area contributed by atoms with Crippen LogP contribution in [0, 0.1) is 0 Å². The van der Waals surface area contributed by atoms with Crippen LogP contribution in [0.2, 0.25) is 0 Å². The van der Waals surface area contributed by atoms with Gasteiger partial charge < -0.3 is 10.0 Å². The third-order valence-corrected chi connectivity index (χ3v) is 3.18. The predicted molar refractivity (Wildman–Crippen MR) is 62.7 cm³/mol. The Bertz CT molecular complexity index is 490. The molecule has 102 valence electrons. The summed E-state index contributed by atoms with van der Waals surface area (Å²) in [6.45, 7) is -0.896. The predicted octanol–water partition coefficient (Wildman–Crippen LogP) is 1.85. The van der Waals surface area contributed by atoms with Crippen molar-refractivity contribution in [3.05, 3.63) is 35.9 Å². The number of hydrogen-bond acceptors (Lipinski definition) is 2. The molecule has 0 saturated carbocycles. The van der Waals surface area contributed by atoms with Gasteiger partial charge in [0.25, 0.3) is 5.92 Å². The molecule has 19 heavy (non-hydrogen) atoms. The first-order chi connectivity index (χ1) is 8.92. The summed E-state index contributed by atoms with van der Waals surface area (Å²) in [7, 11) is 0. The van der Waals surface area contributed by atoms with Crippen molar-refractivity contribution in [2.75, 3.05) is 6.54 Å². The van der Waals surface area contributed by atoms with Gasteiger partial charge in [-0.05, 0) is 6.42 Å². The molecular weight excluding hydrogens is 256 g/mol. The fourth-order valence-electron chi connectivity index (χ4n) is 2.18.